The van der Waals surface area contributed by atoms with Gasteiger partial charge in [-0.3, -0.25) is 10.1 Å². The summed E-state index contributed by atoms with van der Waals surface area (Å²) in [4.78, 5) is 10.0. The zero-order chi connectivity index (χ0) is 8.55. The highest BCUT2D eigenvalue weighted by Gasteiger charge is 2.09. The predicted molar refractivity (Wildman–Crippen MR) is 48.5 cm³/mol. The van der Waals surface area contributed by atoms with Crippen LogP contribution in [0.3, 0.4) is 0 Å². The van der Waals surface area contributed by atoms with Gasteiger partial charge in [-0.1, -0.05) is 29.5 Å². The summed E-state index contributed by atoms with van der Waals surface area (Å²) in [5, 5.41) is 11.5. The quantitative estimate of drug-likeness (QED) is 0.499. The van der Waals surface area contributed by atoms with E-state index in [1.54, 1.807) is 6.07 Å². The molecule has 0 spiro atoms. The summed E-state index contributed by atoms with van der Waals surface area (Å²) in [6.07, 6.45) is 0. The Labute approximate surface area is 72.4 Å². The molecule has 2 rings (SSSR count). The Kier molecular flexibility index (Phi) is 1.55. The van der Waals surface area contributed by atoms with Crippen molar-refractivity contribution in [2.24, 2.45) is 0 Å². The molecule has 12 heavy (non-hydrogen) atoms. The molecule has 0 aliphatic heterocycles. The van der Waals surface area contributed by atoms with Gasteiger partial charge in [-0.2, -0.15) is 0 Å². The summed E-state index contributed by atoms with van der Waals surface area (Å²) in [6.45, 7) is 0. The molecule has 1 heterocycles. The zero-order valence-corrected chi connectivity index (χ0v) is 6.88. The van der Waals surface area contributed by atoms with E-state index >= 15 is 0 Å². The summed E-state index contributed by atoms with van der Waals surface area (Å²) in [6, 6.07) is 9.10. The van der Waals surface area contributed by atoms with Crippen molar-refractivity contribution in [1.29, 1.82) is 0 Å². The molecule has 0 radical (unpaired) electrons. The molecule has 0 aliphatic carbocycles. The van der Waals surface area contributed by atoms with Gasteiger partial charge in [0.05, 0.1) is 4.92 Å². The van der Waals surface area contributed by atoms with Crippen molar-refractivity contribution in [1.82, 2.24) is 0 Å². The van der Waals surface area contributed by atoms with E-state index in [-0.39, 0.29) is 9.92 Å². The molecule has 4 heteroatoms. The molecule has 0 bridgehead atoms. The lowest BCUT2D eigenvalue weighted by molar-refractivity contribution is -0.380. The van der Waals surface area contributed by atoms with Crippen molar-refractivity contribution in [3.05, 3.63) is 40.4 Å². The van der Waals surface area contributed by atoms with Crippen molar-refractivity contribution >= 4 is 26.4 Å². The van der Waals surface area contributed by atoms with Crippen LogP contribution in [-0.4, -0.2) is 4.92 Å². The van der Waals surface area contributed by atoms with Crippen molar-refractivity contribution in [2.45, 2.75) is 0 Å². The maximum absolute atomic E-state index is 10.4. The molecule has 0 amide bonds. The van der Waals surface area contributed by atoms with E-state index in [1.807, 2.05) is 24.3 Å². The lowest BCUT2D eigenvalue weighted by Crippen LogP contribution is -1.80. The average molecular weight is 179 g/mol. The van der Waals surface area contributed by atoms with Crippen molar-refractivity contribution in [3.63, 3.8) is 0 Å². The topological polar surface area (TPSA) is 43.1 Å². The maximum atomic E-state index is 10.4. The molecular formula is C8H5NO2S. The predicted octanol–water partition coefficient (Wildman–Crippen LogP) is 2.81. The van der Waals surface area contributed by atoms with E-state index in [1.165, 1.54) is 11.3 Å². The second-order valence-electron chi connectivity index (χ2n) is 2.38. The number of hydrogen-bond acceptors (Lipinski definition) is 3. The first-order chi connectivity index (χ1) is 5.77. The number of thiophene rings is 1. The summed E-state index contributed by atoms with van der Waals surface area (Å²) in [5.74, 6) is 0. The Morgan fingerprint density at radius 3 is 2.75 bits per heavy atom. The fraction of sp³-hybridized carbons (Fsp3) is 0. The first-order valence-electron chi connectivity index (χ1n) is 3.40. The van der Waals surface area contributed by atoms with Gasteiger partial charge in [0.25, 0.3) is 0 Å². The third-order valence-electron chi connectivity index (χ3n) is 1.59. The van der Waals surface area contributed by atoms with Gasteiger partial charge in [-0.05, 0) is 11.5 Å². The first-order valence-corrected chi connectivity index (χ1v) is 4.22. The highest BCUT2D eigenvalue weighted by atomic mass is 32.1. The van der Waals surface area contributed by atoms with Crippen LogP contribution in [0.1, 0.15) is 0 Å². The second kappa shape index (κ2) is 2.57. The fourth-order valence-corrected chi connectivity index (χ4v) is 1.94. The molecule has 2 aromatic rings. The van der Waals surface area contributed by atoms with Crippen LogP contribution in [0.5, 0.6) is 0 Å². The highest BCUT2D eigenvalue weighted by molar-refractivity contribution is 7.22. The van der Waals surface area contributed by atoms with Gasteiger partial charge in [-0.15, -0.1) is 0 Å². The van der Waals surface area contributed by atoms with E-state index in [4.69, 9.17) is 0 Å². The molecule has 0 unspecified atom stereocenters. The number of fused-ring (bicyclic) bond motifs is 1. The van der Waals surface area contributed by atoms with E-state index in [9.17, 15) is 10.1 Å². The Morgan fingerprint density at radius 2 is 2.08 bits per heavy atom. The minimum absolute atomic E-state index is 0.205. The van der Waals surface area contributed by atoms with E-state index in [0.717, 1.165) is 10.1 Å². The molecule has 1 aromatic carbocycles. The Balaban J connectivity index is 2.70. The third-order valence-corrected chi connectivity index (χ3v) is 2.66. The molecule has 0 atom stereocenters. The summed E-state index contributed by atoms with van der Waals surface area (Å²) < 4.78 is 0.962. The normalized spacial score (nSPS) is 10.3. The van der Waals surface area contributed by atoms with Gasteiger partial charge in [-0.25, -0.2) is 0 Å². The van der Waals surface area contributed by atoms with Crippen LogP contribution in [0, 0.1) is 10.1 Å². The molecule has 0 saturated heterocycles. The molecule has 0 fully saturated rings. The van der Waals surface area contributed by atoms with Crippen LogP contribution in [0.25, 0.3) is 10.1 Å². The van der Waals surface area contributed by atoms with Gasteiger partial charge >= 0.3 is 5.00 Å². The van der Waals surface area contributed by atoms with E-state index in [2.05, 4.69) is 0 Å². The smallest absolute Gasteiger partial charge is 0.258 e. The SMILES string of the molecule is O=[N+]([O-])c1cc2ccccc2s1. The van der Waals surface area contributed by atoms with Crippen molar-refractivity contribution < 1.29 is 4.92 Å². The number of rotatable bonds is 1. The Hall–Kier alpha value is -1.42. The highest BCUT2D eigenvalue weighted by Crippen LogP contribution is 2.30. The summed E-state index contributed by atoms with van der Waals surface area (Å²) >= 11 is 1.21. The van der Waals surface area contributed by atoms with Gasteiger partial charge in [0.15, 0.2) is 0 Å². The number of hydrogen-bond donors (Lipinski definition) is 0. The zero-order valence-electron chi connectivity index (χ0n) is 6.06. The first kappa shape index (κ1) is 7.24. The standard InChI is InChI=1S/C8H5NO2S/c10-9(11)8-5-6-3-1-2-4-7(6)12-8/h1-5H. The number of nitro groups is 1. The van der Waals surface area contributed by atoms with Gasteiger partial charge in [0, 0.05) is 10.8 Å². The molecule has 3 nitrogen and oxygen atoms in total. The van der Waals surface area contributed by atoms with Crippen molar-refractivity contribution in [2.75, 3.05) is 0 Å². The third kappa shape index (κ3) is 1.06. The summed E-state index contributed by atoms with van der Waals surface area (Å²) in [7, 11) is 0. The van der Waals surface area contributed by atoms with Crippen LogP contribution < -0.4 is 0 Å². The Morgan fingerprint density at radius 1 is 1.33 bits per heavy atom. The van der Waals surface area contributed by atoms with E-state index < -0.39 is 0 Å². The van der Waals surface area contributed by atoms with Gasteiger partial charge < -0.3 is 0 Å². The summed E-state index contributed by atoms with van der Waals surface area (Å²) in [5.41, 5.74) is 0. The monoisotopic (exact) mass is 179 g/mol. The van der Waals surface area contributed by atoms with Crippen LogP contribution in [-0.2, 0) is 0 Å². The fourth-order valence-electron chi connectivity index (χ4n) is 1.06. The Bertz CT molecular complexity index is 402. The molecule has 0 N–H and O–H groups in total. The van der Waals surface area contributed by atoms with Crippen molar-refractivity contribution in [3.8, 4) is 0 Å². The van der Waals surface area contributed by atoms with E-state index in [0.29, 0.717) is 0 Å². The molecule has 1 aromatic heterocycles. The van der Waals surface area contributed by atoms with Crippen LogP contribution in [0.15, 0.2) is 30.3 Å². The lowest BCUT2D eigenvalue weighted by Gasteiger charge is -1.81. The number of nitrogens with zero attached hydrogens (tertiary/aromatic N) is 1. The average Bonchev–Trinajstić information content (AvgIpc) is 2.46. The van der Waals surface area contributed by atoms with Crippen LogP contribution >= 0.6 is 11.3 Å². The molecular weight excluding hydrogens is 174 g/mol. The molecule has 60 valence electrons. The van der Waals surface area contributed by atoms with Crippen LogP contribution in [0.4, 0.5) is 5.00 Å². The molecule has 0 aliphatic rings. The lowest BCUT2D eigenvalue weighted by atomic mass is 10.3. The number of benzene rings is 1. The second-order valence-corrected chi connectivity index (χ2v) is 3.44. The minimum atomic E-state index is -0.356. The van der Waals surface area contributed by atoms with Gasteiger partial charge in [0.1, 0.15) is 0 Å². The van der Waals surface area contributed by atoms with Gasteiger partial charge in [0.2, 0.25) is 0 Å². The molecule has 0 saturated carbocycles. The maximum Gasteiger partial charge on any atom is 0.325 e. The largest absolute Gasteiger partial charge is 0.325 e. The minimum Gasteiger partial charge on any atom is -0.258 e. The van der Waals surface area contributed by atoms with Crippen LogP contribution in [0.2, 0.25) is 0 Å².